The fourth-order valence-electron chi connectivity index (χ4n) is 1.28. The average molecular weight is 452 g/mol. The van der Waals surface area contributed by atoms with Crippen LogP contribution >= 0.6 is 31.9 Å². The predicted octanol–water partition coefficient (Wildman–Crippen LogP) is 3.54. The van der Waals surface area contributed by atoms with E-state index in [9.17, 15) is 14.4 Å². The number of ether oxygens (including phenoxy) is 2. The molecule has 0 atom stereocenters. The van der Waals surface area contributed by atoms with Crippen molar-refractivity contribution in [3.05, 3.63) is 23.8 Å². The van der Waals surface area contributed by atoms with Crippen LogP contribution in [0.1, 0.15) is 38.1 Å². The highest BCUT2D eigenvalue weighted by Gasteiger charge is 2.29. The molecule has 0 aliphatic carbocycles. The summed E-state index contributed by atoms with van der Waals surface area (Å²) in [5.74, 6) is -2.64. The third-order valence-electron chi connectivity index (χ3n) is 2.57. The molecule has 6 nitrogen and oxygen atoms in total. The van der Waals surface area contributed by atoms with Crippen LogP contribution in [-0.2, 0) is 9.59 Å². The summed E-state index contributed by atoms with van der Waals surface area (Å²) in [6, 6.07) is 3.71. The van der Waals surface area contributed by atoms with Gasteiger partial charge in [0, 0.05) is 6.07 Å². The van der Waals surface area contributed by atoms with E-state index in [2.05, 4.69) is 31.9 Å². The molecule has 1 rings (SSSR count). The highest BCUT2D eigenvalue weighted by atomic mass is 79.9. The molecular formula is C15H16Br2O6. The number of rotatable bonds is 5. The quantitative estimate of drug-likeness (QED) is 0.418. The van der Waals surface area contributed by atoms with Crippen LogP contribution in [0.15, 0.2) is 18.2 Å². The van der Waals surface area contributed by atoms with Gasteiger partial charge in [0.1, 0.15) is 25.7 Å². The smallest absolute Gasteiger partial charge is 0.339 e. The molecule has 0 aliphatic rings. The van der Waals surface area contributed by atoms with E-state index in [4.69, 9.17) is 14.6 Å². The van der Waals surface area contributed by atoms with Crippen LogP contribution in [0.2, 0.25) is 0 Å². The molecule has 0 aromatic heterocycles. The first-order valence-electron chi connectivity index (χ1n) is 6.52. The minimum Gasteiger partial charge on any atom is -0.478 e. The number of carbonyl (C=O) groups excluding carboxylic acids is 2. The van der Waals surface area contributed by atoms with Crippen LogP contribution in [0.4, 0.5) is 0 Å². The van der Waals surface area contributed by atoms with Crippen LogP contribution in [0.3, 0.4) is 0 Å². The lowest BCUT2D eigenvalue weighted by Gasteiger charge is -2.17. The first-order valence-corrected chi connectivity index (χ1v) is 8.10. The van der Waals surface area contributed by atoms with Crippen molar-refractivity contribution >= 4 is 49.8 Å². The van der Waals surface area contributed by atoms with Gasteiger partial charge in [-0.1, -0.05) is 31.9 Å². The number of halogens is 2. The molecule has 126 valence electrons. The third kappa shape index (κ3) is 5.62. The molecule has 23 heavy (non-hydrogen) atoms. The Morgan fingerprint density at radius 3 is 1.87 bits per heavy atom. The second-order valence-electron chi connectivity index (χ2n) is 5.69. The normalized spacial score (nSPS) is 11.7. The van der Waals surface area contributed by atoms with Gasteiger partial charge in [-0.15, -0.1) is 0 Å². The molecular weight excluding hydrogens is 436 g/mol. The number of carboxylic acids is 1. The Morgan fingerprint density at radius 2 is 1.43 bits per heavy atom. The maximum absolute atomic E-state index is 11.9. The van der Waals surface area contributed by atoms with Crippen molar-refractivity contribution in [2.24, 2.45) is 0 Å². The summed E-state index contributed by atoms with van der Waals surface area (Å²) in [6.45, 7) is 6.34. The summed E-state index contributed by atoms with van der Waals surface area (Å²) in [4.78, 5) is 35.0. The molecule has 0 heterocycles. The van der Waals surface area contributed by atoms with E-state index in [0.717, 1.165) is 0 Å². The Hall–Kier alpha value is -1.41. The van der Waals surface area contributed by atoms with Gasteiger partial charge in [0.2, 0.25) is 0 Å². The lowest BCUT2D eigenvalue weighted by molar-refractivity contribution is -0.136. The minimum absolute atomic E-state index is 0.0719. The number of alkyl halides is 2. The predicted molar refractivity (Wildman–Crippen MR) is 90.7 cm³/mol. The maximum Gasteiger partial charge on any atom is 0.339 e. The summed E-state index contributed by atoms with van der Waals surface area (Å²) in [6.07, 6.45) is 0. The van der Waals surface area contributed by atoms with E-state index in [-0.39, 0.29) is 17.1 Å². The zero-order valence-electron chi connectivity index (χ0n) is 13.0. The third-order valence-corrected chi connectivity index (χ3v) is 3.21. The lowest BCUT2D eigenvalue weighted by atomic mass is 10.1. The highest BCUT2D eigenvalue weighted by Crippen LogP contribution is 2.29. The molecule has 0 aliphatic heterocycles. The van der Waals surface area contributed by atoms with Gasteiger partial charge in [-0.05, 0) is 39.8 Å². The van der Waals surface area contributed by atoms with Crippen LogP contribution in [-0.4, -0.2) is 31.7 Å². The van der Waals surface area contributed by atoms with Crippen LogP contribution in [0, 0.1) is 0 Å². The Kier molecular flexibility index (Phi) is 5.98. The van der Waals surface area contributed by atoms with Crippen molar-refractivity contribution in [2.45, 2.75) is 36.3 Å². The van der Waals surface area contributed by atoms with Gasteiger partial charge in [-0.3, -0.25) is 9.59 Å². The SMILES string of the molecule is CC(C)(Br)C(=O)Oc1ccc(C(=O)O)c(OC(=O)C(C)(C)Br)c1. The van der Waals surface area contributed by atoms with Gasteiger partial charge >= 0.3 is 17.9 Å². The molecule has 1 N–H and O–H groups in total. The van der Waals surface area contributed by atoms with Gasteiger partial charge in [0.15, 0.2) is 0 Å². The standard InChI is InChI=1S/C15H16Br2O6/c1-14(2,16)12(20)22-8-5-6-9(11(18)19)10(7-8)23-13(21)15(3,4)17/h5-7H,1-4H3,(H,18,19). The lowest BCUT2D eigenvalue weighted by Crippen LogP contribution is -2.30. The van der Waals surface area contributed by atoms with E-state index in [0.29, 0.717) is 0 Å². The van der Waals surface area contributed by atoms with Crippen LogP contribution in [0.25, 0.3) is 0 Å². The van der Waals surface area contributed by atoms with E-state index in [1.165, 1.54) is 18.2 Å². The Balaban J connectivity index is 3.16. The fraction of sp³-hybridized carbons (Fsp3) is 0.400. The second-order valence-corrected chi connectivity index (χ2v) is 9.65. The van der Waals surface area contributed by atoms with Gasteiger partial charge in [-0.25, -0.2) is 4.79 Å². The van der Waals surface area contributed by atoms with Gasteiger partial charge in [-0.2, -0.15) is 0 Å². The topological polar surface area (TPSA) is 89.9 Å². The Labute approximate surface area is 150 Å². The number of aromatic carboxylic acids is 1. The van der Waals surface area contributed by atoms with Gasteiger partial charge in [0.25, 0.3) is 0 Å². The molecule has 1 aromatic rings. The summed E-state index contributed by atoms with van der Waals surface area (Å²) >= 11 is 6.30. The Morgan fingerprint density at radius 1 is 0.957 bits per heavy atom. The molecule has 8 heteroatoms. The number of esters is 2. The molecule has 0 radical (unpaired) electrons. The average Bonchev–Trinajstić information content (AvgIpc) is 2.36. The van der Waals surface area contributed by atoms with E-state index in [1.807, 2.05) is 0 Å². The maximum atomic E-state index is 11.9. The number of carbonyl (C=O) groups is 3. The molecule has 0 unspecified atom stereocenters. The monoisotopic (exact) mass is 450 g/mol. The molecule has 0 amide bonds. The summed E-state index contributed by atoms with van der Waals surface area (Å²) in [7, 11) is 0. The number of hydrogen-bond acceptors (Lipinski definition) is 5. The summed E-state index contributed by atoms with van der Waals surface area (Å²) < 4.78 is 8.35. The van der Waals surface area contributed by atoms with E-state index >= 15 is 0 Å². The molecule has 1 aromatic carbocycles. The van der Waals surface area contributed by atoms with Crippen molar-refractivity contribution in [1.29, 1.82) is 0 Å². The molecule has 0 fully saturated rings. The van der Waals surface area contributed by atoms with Crippen molar-refractivity contribution in [3.8, 4) is 11.5 Å². The second kappa shape index (κ2) is 7.00. The minimum atomic E-state index is -1.26. The molecule has 0 saturated carbocycles. The number of benzene rings is 1. The summed E-state index contributed by atoms with van der Waals surface area (Å²) in [5, 5.41) is 9.17. The van der Waals surface area contributed by atoms with Crippen molar-refractivity contribution in [1.82, 2.24) is 0 Å². The molecule has 0 spiro atoms. The van der Waals surface area contributed by atoms with Crippen molar-refractivity contribution in [2.75, 3.05) is 0 Å². The zero-order chi connectivity index (χ0) is 18.0. The first-order chi connectivity index (χ1) is 10.3. The number of carboxylic acid groups (broad SMARTS) is 1. The first kappa shape index (κ1) is 19.6. The molecule has 0 saturated heterocycles. The summed E-state index contributed by atoms with van der Waals surface area (Å²) in [5.41, 5.74) is -0.215. The van der Waals surface area contributed by atoms with Gasteiger partial charge in [0.05, 0.1) is 0 Å². The van der Waals surface area contributed by atoms with Crippen molar-refractivity contribution in [3.63, 3.8) is 0 Å². The van der Waals surface area contributed by atoms with Crippen LogP contribution in [0.5, 0.6) is 11.5 Å². The highest BCUT2D eigenvalue weighted by molar-refractivity contribution is 9.10. The van der Waals surface area contributed by atoms with Crippen molar-refractivity contribution < 1.29 is 29.0 Å². The van der Waals surface area contributed by atoms with Gasteiger partial charge < -0.3 is 14.6 Å². The van der Waals surface area contributed by atoms with Crippen LogP contribution < -0.4 is 9.47 Å². The zero-order valence-corrected chi connectivity index (χ0v) is 16.1. The van der Waals surface area contributed by atoms with E-state index < -0.39 is 26.6 Å². The fourth-order valence-corrected chi connectivity index (χ4v) is 1.44. The molecule has 0 bridgehead atoms. The largest absolute Gasteiger partial charge is 0.478 e. The number of hydrogen-bond donors (Lipinski definition) is 1. The Bertz CT molecular complexity index is 640. The van der Waals surface area contributed by atoms with E-state index in [1.54, 1.807) is 27.7 Å².